The predicted octanol–water partition coefficient (Wildman–Crippen LogP) is -2.76. The van der Waals surface area contributed by atoms with Crippen molar-refractivity contribution in [2.24, 2.45) is 0 Å². The molecule has 8 N–H and O–H groups in total. The first-order chi connectivity index (χ1) is 15.5. The molecule has 1 saturated heterocycles. The van der Waals surface area contributed by atoms with Gasteiger partial charge in [-0.25, -0.2) is 19.9 Å². The van der Waals surface area contributed by atoms with E-state index in [2.05, 4.69) is 45.9 Å². The Morgan fingerprint density at radius 2 is 2.06 bits per heavy atom. The fourth-order valence-corrected chi connectivity index (χ4v) is 3.64. The number of likely N-dealkylation sites (N-methyl/N-ethyl adjacent to an activating group) is 1. The highest BCUT2D eigenvalue weighted by molar-refractivity contribution is 5.83. The Morgan fingerprint density at radius 1 is 1.22 bits per heavy atom. The molecule has 3 aromatic heterocycles. The van der Waals surface area contributed by atoms with Gasteiger partial charge in [0.25, 0.3) is 0 Å². The molecule has 0 unspecified atom stereocenters. The van der Waals surface area contributed by atoms with E-state index in [0.29, 0.717) is 23.4 Å². The van der Waals surface area contributed by atoms with Gasteiger partial charge in [0, 0.05) is 18.3 Å². The molecule has 0 bridgehead atoms. The molecule has 0 spiro atoms. The van der Waals surface area contributed by atoms with Crippen LogP contribution in [-0.2, 0) is 16.0 Å². The zero-order valence-corrected chi connectivity index (χ0v) is 17.1. The van der Waals surface area contributed by atoms with Gasteiger partial charge in [-0.05, 0) is 7.05 Å². The number of rotatable bonds is 8. The number of aromatic amines is 2. The Bertz CT molecular complexity index is 1030. The molecule has 1 aliphatic heterocycles. The first-order valence-corrected chi connectivity index (χ1v) is 9.99. The lowest BCUT2D eigenvalue weighted by Crippen LogP contribution is -2.67. The number of aliphatic hydroxyl groups is 3. The lowest BCUT2D eigenvalue weighted by Gasteiger charge is -2.43. The number of nitrogens with one attached hydrogen (secondary N) is 5. The number of imidazole rings is 2. The number of carbonyl (C=O) groups excluding carboxylic acids is 1. The summed E-state index contributed by atoms with van der Waals surface area (Å²) in [5.41, 5.74) is 1.65. The maximum absolute atomic E-state index is 12.8. The van der Waals surface area contributed by atoms with Gasteiger partial charge in [0.15, 0.2) is 17.7 Å². The molecule has 0 radical (unpaired) electrons. The van der Waals surface area contributed by atoms with Crippen LogP contribution < -0.4 is 16.0 Å². The van der Waals surface area contributed by atoms with Gasteiger partial charge in [-0.2, -0.15) is 0 Å². The molecule has 14 heteroatoms. The van der Waals surface area contributed by atoms with Crippen molar-refractivity contribution in [3.8, 4) is 0 Å². The lowest BCUT2D eigenvalue weighted by atomic mass is 9.95. The molecule has 4 rings (SSSR count). The lowest BCUT2D eigenvalue weighted by molar-refractivity contribution is -0.185. The van der Waals surface area contributed by atoms with Gasteiger partial charge < -0.3 is 46.0 Å². The van der Waals surface area contributed by atoms with Crippen molar-refractivity contribution >= 4 is 22.9 Å². The van der Waals surface area contributed by atoms with E-state index in [4.69, 9.17) is 4.74 Å². The van der Waals surface area contributed by atoms with Crippen molar-refractivity contribution in [1.82, 2.24) is 40.5 Å². The summed E-state index contributed by atoms with van der Waals surface area (Å²) < 4.78 is 5.76. The summed E-state index contributed by atoms with van der Waals surface area (Å²) in [6.07, 6.45) is 1.23. The molecule has 0 aliphatic carbocycles. The van der Waals surface area contributed by atoms with E-state index in [0.717, 1.165) is 5.69 Å². The zero-order valence-electron chi connectivity index (χ0n) is 17.1. The molecule has 14 nitrogen and oxygen atoms in total. The number of aliphatic hydroxyl groups excluding tert-OH is 3. The van der Waals surface area contributed by atoms with Crippen molar-refractivity contribution in [1.29, 1.82) is 0 Å². The van der Waals surface area contributed by atoms with Crippen LogP contribution in [0.15, 0.2) is 25.2 Å². The van der Waals surface area contributed by atoms with Gasteiger partial charge >= 0.3 is 0 Å². The molecule has 32 heavy (non-hydrogen) atoms. The minimum absolute atomic E-state index is 0.303. The number of aromatic nitrogens is 6. The summed E-state index contributed by atoms with van der Waals surface area (Å²) in [6.45, 7) is -0.499. The number of nitrogens with zero attached hydrogens (tertiary/aromatic N) is 4. The fourth-order valence-electron chi connectivity index (χ4n) is 3.64. The highest BCUT2D eigenvalue weighted by Gasteiger charge is 2.45. The molecular weight excluding hydrogens is 422 g/mol. The number of ether oxygens (including phenoxy) is 1. The number of fused-ring (bicyclic) bond motifs is 1. The summed E-state index contributed by atoms with van der Waals surface area (Å²) in [5.74, 6) is -0.125. The van der Waals surface area contributed by atoms with Crippen molar-refractivity contribution in [2.75, 3.05) is 19.0 Å². The van der Waals surface area contributed by atoms with Crippen molar-refractivity contribution in [3.05, 3.63) is 30.9 Å². The van der Waals surface area contributed by atoms with E-state index in [1.54, 1.807) is 13.2 Å². The molecule has 0 aromatic carbocycles. The van der Waals surface area contributed by atoms with Crippen molar-refractivity contribution < 1.29 is 24.9 Å². The molecular formula is C18H25N9O5. The Hall–Kier alpha value is -3.17. The quantitative estimate of drug-likeness (QED) is 0.177. The molecule has 3 aromatic rings. The van der Waals surface area contributed by atoms with Crippen LogP contribution in [0.3, 0.4) is 0 Å². The SMILES string of the molecule is CN[C@H](Cc1cnc[nH]1)C(=O)N[C@@H]1[C@@H](O)[C@H](O)[C@@H](Nc2ncnc3nc[nH]c23)O[C@H]1CO. The topological polar surface area (TPSA) is 206 Å². The van der Waals surface area contributed by atoms with Crippen molar-refractivity contribution in [2.45, 2.75) is 43.0 Å². The first-order valence-electron chi connectivity index (χ1n) is 9.99. The van der Waals surface area contributed by atoms with Gasteiger partial charge in [0.1, 0.15) is 30.2 Å². The molecule has 0 saturated carbocycles. The zero-order chi connectivity index (χ0) is 22.7. The number of amides is 1. The molecule has 1 amide bonds. The summed E-state index contributed by atoms with van der Waals surface area (Å²) >= 11 is 0. The third kappa shape index (κ3) is 4.39. The smallest absolute Gasteiger partial charge is 0.237 e. The monoisotopic (exact) mass is 447 g/mol. The van der Waals surface area contributed by atoms with E-state index < -0.39 is 49.1 Å². The van der Waals surface area contributed by atoms with Crippen LogP contribution in [-0.4, -0.2) is 101 Å². The second-order valence-corrected chi connectivity index (χ2v) is 7.38. The van der Waals surface area contributed by atoms with E-state index in [1.807, 2.05) is 0 Å². The van der Waals surface area contributed by atoms with Gasteiger partial charge in [0.05, 0.1) is 31.3 Å². The normalized spacial score (nSPS) is 26.7. The maximum atomic E-state index is 12.8. The Labute approximate surface area is 181 Å². The molecule has 172 valence electrons. The highest BCUT2D eigenvalue weighted by atomic mass is 16.5. The Morgan fingerprint density at radius 3 is 2.78 bits per heavy atom. The van der Waals surface area contributed by atoms with Gasteiger partial charge in [0.2, 0.25) is 5.91 Å². The largest absolute Gasteiger partial charge is 0.394 e. The fraction of sp³-hybridized carbons (Fsp3) is 0.500. The van der Waals surface area contributed by atoms with Crippen LogP contribution in [0.2, 0.25) is 0 Å². The molecule has 1 aliphatic rings. The number of anilines is 1. The van der Waals surface area contributed by atoms with Crippen molar-refractivity contribution in [3.63, 3.8) is 0 Å². The Balaban J connectivity index is 1.46. The maximum Gasteiger partial charge on any atom is 0.237 e. The molecule has 4 heterocycles. The van der Waals surface area contributed by atoms with Crippen LogP contribution in [0.5, 0.6) is 0 Å². The first kappa shape index (κ1) is 22.0. The van der Waals surface area contributed by atoms with Crippen LogP contribution in [0, 0.1) is 0 Å². The van der Waals surface area contributed by atoms with E-state index in [-0.39, 0.29) is 0 Å². The molecule has 6 atom stereocenters. The predicted molar refractivity (Wildman–Crippen MR) is 110 cm³/mol. The number of H-pyrrole nitrogens is 2. The summed E-state index contributed by atoms with van der Waals surface area (Å²) in [7, 11) is 1.63. The van der Waals surface area contributed by atoms with Crippen LogP contribution in [0.25, 0.3) is 11.2 Å². The molecule has 1 fully saturated rings. The van der Waals surface area contributed by atoms with Crippen LogP contribution in [0.4, 0.5) is 5.82 Å². The summed E-state index contributed by atoms with van der Waals surface area (Å²) in [4.78, 5) is 34.7. The Kier molecular flexibility index (Phi) is 6.57. The third-order valence-electron chi connectivity index (χ3n) is 5.38. The van der Waals surface area contributed by atoms with E-state index in [9.17, 15) is 20.1 Å². The minimum Gasteiger partial charge on any atom is -0.394 e. The average Bonchev–Trinajstić information content (AvgIpc) is 3.49. The highest BCUT2D eigenvalue weighted by Crippen LogP contribution is 2.24. The standard InChI is InChI=1S/C18H25N9O5/c1-19-9(2-8-3-20-5-21-8)17(31)26-11-10(4-28)32-18(14(30)13(11)29)27-16-12-15(23-6-22-12)24-7-25-16/h3,5-7,9-11,13-14,18-19,28-30H,2,4H2,1H3,(H,20,21)(H,26,31)(H2,22,23,24,25,27)/t9-,10+,11+,13-,14+,18+/m1/s1. The number of hydrogen-bond donors (Lipinski definition) is 8. The second kappa shape index (κ2) is 9.54. The van der Waals surface area contributed by atoms with Crippen LogP contribution in [0.1, 0.15) is 5.69 Å². The second-order valence-electron chi connectivity index (χ2n) is 7.38. The van der Waals surface area contributed by atoms with E-state index in [1.165, 1.54) is 19.0 Å². The van der Waals surface area contributed by atoms with Gasteiger partial charge in [-0.15, -0.1) is 0 Å². The average molecular weight is 447 g/mol. The van der Waals surface area contributed by atoms with E-state index >= 15 is 0 Å². The number of hydrogen-bond acceptors (Lipinski definition) is 11. The third-order valence-corrected chi connectivity index (χ3v) is 5.38. The van der Waals surface area contributed by atoms with Gasteiger partial charge in [-0.3, -0.25) is 4.79 Å². The van der Waals surface area contributed by atoms with Crippen LogP contribution >= 0.6 is 0 Å². The number of carbonyl (C=O) groups is 1. The summed E-state index contributed by atoms with van der Waals surface area (Å²) in [6, 6.07) is -1.68. The van der Waals surface area contributed by atoms with Gasteiger partial charge in [-0.1, -0.05) is 0 Å². The minimum atomic E-state index is -1.43. The summed E-state index contributed by atoms with van der Waals surface area (Å²) in [5, 5.41) is 39.7.